The van der Waals surface area contributed by atoms with Crippen LogP contribution in [0.2, 0.25) is 0 Å². The molecular weight excluding hydrogens is 294 g/mol. The zero-order chi connectivity index (χ0) is 15.8. The molecule has 0 bridgehead atoms. The maximum absolute atomic E-state index is 12.1. The average Bonchev–Trinajstić information content (AvgIpc) is 2.41. The molecule has 1 aliphatic rings. The van der Waals surface area contributed by atoms with E-state index in [2.05, 4.69) is 4.99 Å². The molecule has 2 rings (SSSR count). The lowest BCUT2D eigenvalue weighted by atomic mass is 9.97. The highest BCUT2D eigenvalue weighted by Crippen LogP contribution is 2.34. The summed E-state index contributed by atoms with van der Waals surface area (Å²) in [4.78, 5) is 15.4. The predicted octanol–water partition coefficient (Wildman–Crippen LogP) is -0.127. The number of aryl methyl sites for hydroxylation is 1. The maximum Gasteiger partial charge on any atom is 0.280 e. The van der Waals surface area contributed by atoms with Crippen LogP contribution in [-0.4, -0.2) is 31.1 Å². The average molecular weight is 311 g/mol. The van der Waals surface area contributed by atoms with E-state index in [-0.39, 0.29) is 28.6 Å². The molecule has 114 valence electrons. The second-order valence-electron chi connectivity index (χ2n) is 4.87. The zero-order valence-electron chi connectivity index (χ0n) is 11.5. The number of hydrogen-bond acceptors (Lipinski definition) is 4. The van der Waals surface area contributed by atoms with Gasteiger partial charge in [0.05, 0.1) is 16.8 Å². The summed E-state index contributed by atoms with van der Waals surface area (Å²) >= 11 is 0. The minimum absolute atomic E-state index is 0.0207. The number of hydrogen-bond donors (Lipinski definition) is 3. The lowest BCUT2D eigenvalue weighted by molar-refractivity contribution is 0.100. The first-order chi connectivity index (χ1) is 9.76. The molecule has 1 aromatic rings. The molecule has 0 saturated heterocycles. The van der Waals surface area contributed by atoms with Gasteiger partial charge in [0.1, 0.15) is 0 Å². The molecule has 1 aliphatic heterocycles. The largest absolute Gasteiger partial charge is 0.388 e. The number of nitrogens with two attached hydrogens (primary N) is 2. The Hall–Kier alpha value is -1.93. The van der Waals surface area contributed by atoms with Crippen LogP contribution in [0.1, 0.15) is 40.9 Å². The van der Waals surface area contributed by atoms with Crippen LogP contribution in [-0.2, 0) is 16.3 Å². The maximum atomic E-state index is 12.1. The Balaban J connectivity index is 2.69. The number of fused-ring (bicyclic) bond motifs is 1. The van der Waals surface area contributed by atoms with E-state index in [1.165, 1.54) is 6.07 Å². The molecule has 0 aromatic heterocycles. The van der Waals surface area contributed by atoms with E-state index in [1.807, 2.05) is 6.92 Å². The predicted molar refractivity (Wildman–Crippen MR) is 77.6 cm³/mol. The summed E-state index contributed by atoms with van der Waals surface area (Å²) in [6.07, 6.45) is -0.207. The van der Waals surface area contributed by atoms with Gasteiger partial charge in [-0.15, -0.1) is 0 Å². The number of aliphatic hydroxyl groups is 1. The fourth-order valence-corrected chi connectivity index (χ4v) is 3.98. The highest BCUT2D eigenvalue weighted by atomic mass is 32.2. The van der Waals surface area contributed by atoms with Gasteiger partial charge in [-0.25, -0.2) is 8.42 Å². The first-order valence-electron chi connectivity index (χ1n) is 6.48. The SMILES string of the molecule is CCc1cc2c(cc1C(=O)N=C(N)N)S(=O)(=O)CCC2O. The highest BCUT2D eigenvalue weighted by Gasteiger charge is 2.31. The second kappa shape index (κ2) is 5.45. The number of guanidine groups is 1. The van der Waals surface area contributed by atoms with Crippen LogP contribution in [0.4, 0.5) is 0 Å². The molecule has 8 heteroatoms. The van der Waals surface area contributed by atoms with Crippen LogP contribution in [0.25, 0.3) is 0 Å². The molecule has 0 radical (unpaired) electrons. The number of carbonyl (C=O) groups is 1. The van der Waals surface area contributed by atoms with Crippen LogP contribution in [0.3, 0.4) is 0 Å². The van der Waals surface area contributed by atoms with Crippen molar-refractivity contribution in [2.45, 2.75) is 30.8 Å². The molecule has 0 aliphatic carbocycles. The summed E-state index contributed by atoms with van der Waals surface area (Å²) < 4.78 is 24.2. The Kier molecular flexibility index (Phi) is 4.02. The van der Waals surface area contributed by atoms with Crippen molar-refractivity contribution in [2.24, 2.45) is 16.5 Å². The number of aliphatic hydroxyl groups excluding tert-OH is 1. The smallest absolute Gasteiger partial charge is 0.280 e. The molecule has 0 fully saturated rings. The van der Waals surface area contributed by atoms with Gasteiger partial charge in [-0.3, -0.25) is 4.79 Å². The van der Waals surface area contributed by atoms with Gasteiger partial charge in [-0.1, -0.05) is 13.0 Å². The third-order valence-electron chi connectivity index (χ3n) is 3.43. The molecule has 1 heterocycles. The van der Waals surface area contributed by atoms with Gasteiger partial charge < -0.3 is 16.6 Å². The second-order valence-corrected chi connectivity index (χ2v) is 6.94. The van der Waals surface area contributed by atoms with E-state index < -0.39 is 21.8 Å². The van der Waals surface area contributed by atoms with Crippen LogP contribution >= 0.6 is 0 Å². The van der Waals surface area contributed by atoms with Gasteiger partial charge in [0.2, 0.25) is 0 Å². The zero-order valence-corrected chi connectivity index (χ0v) is 12.4. The van der Waals surface area contributed by atoms with Crippen molar-refractivity contribution in [2.75, 3.05) is 5.75 Å². The van der Waals surface area contributed by atoms with Crippen molar-refractivity contribution in [1.29, 1.82) is 0 Å². The first kappa shape index (κ1) is 15.5. The summed E-state index contributed by atoms with van der Waals surface area (Å²) in [5.41, 5.74) is 11.4. The van der Waals surface area contributed by atoms with E-state index in [1.54, 1.807) is 6.07 Å². The number of sulfone groups is 1. The Bertz CT molecular complexity index is 721. The Morgan fingerprint density at radius 2 is 2.10 bits per heavy atom. The molecule has 1 amide bonds. The Morgan fingerprint density at radius 3 is 2.67 bits per heavy atom. The molecule has 1 unspecified atom stereocenters. The van der Waals surface area contributed by atoms with Crippen LogP contribution in [0, 0.1) is 0 Å². The lowest BCUT2D eigenvalue weighted by Gasteiger charge is -2.23. The van der Waals surface area contributed by atoms with E-state index in [0.717, 1.165) is 0 Å². The fraction of sp³-hybridized carbons (Fsp3) is 0.385. The lowest BCUT2D eigenvalue weighted by Crippen LogP contribution is -2.25. The minimum atomic E-state index is -3.51. The topological polar surface area (TPSA) is 136 Å². The fourth-order valence-electron chi connectivity index (χ4n) is 2.37. The van der Waals surface area contributed by atoms with Gasteiger partial charge >= 0.3 is 0 Å². The molecule has 0 spiro atoms. The summed E-state index contributed by atoms with van der Waals surface area (Å²) in [6, 6.07) is 2.81. The van der Waals surface area contributed by atoms with Gasteiger partial charge in [-0.2, -0.15) is 4.99 Å². The highest BCUT2D eigenvalue weighted by molar-refractivity contribution is 7.91. The van der Waals surface area contributed by atoms with E-state index in [0.29, 0.717) is 17.5 Å². The first-order valence-corrected chi connectivity index (χ1v) is 8.13. The van der Waals surface area contributed by atoms with Crippen molar-refractivity contribution in [1.82, 2.24) is 0 Å². The summed E-state index contributed by atoms with van der Waals surface area (Å²) in [5.74, 6) is -1.23. The number of amides is 1. The summed E-state index contributed by atoms with van der Waals surface area (Å²) in [6.45, 7) is 1.82. The molecular formula is C13H17N3O4S. The summed E-state index contributed by atoms with van der Waals surface area (Å²) in [7, 11) is -3.51. The van der Waals surface area contributed by atoms with Crippen molar-refractivity contribution >= 4 is 21.7 Å². The van der Waals surface area contributed by atoms with Gasteiger partial charge in [-0.05, 0) is 30.0 Å². The molecule has 1 aromatic carbocycles. The normalized spacial score (nSPS) is 19.6. The number of rotatable bonds is 2. The van der Waals surface area contributed by atoms with E-state index >= 15 is 0 Å². The van der Waals surface area contributed by atoms with Crippen molar-refractivity contribution in [3.05, 3.63) is 28.8 Å². The molecule has 7 nitrogen and oxygen atoms in total. The monoisotopic (exact) mass is 311 g/mol. The third kappa shape index (κ3) is 2.91. The van der Waals surface area contributed by atoms with Crippen LogP contribution < -0.4 is 11.5 Å². The van der Waals surface area contributed by atoms with Gasteiger partial charge in [0.15, 0.2) is 15.8 Å². The van der Waals surface area contributed by atoms with Crippen LogP contribution in [0.15, 0.2) is 22.0 Å². The van der Waals surface area contributed by atoms with Crippen molar-refractivity contribution in [3.8, 4) is 0 Å². The quantitative estimate of drug-likeness (QED) is 0.514. The van der Waals surface area contributed by atoms with Crippen LogP contribution in [0.5, 0.6) is 0 Å². The Morgan fingerprint density at radius 1 is 1.43 bits per heavy atom. The molecule has 21 heavy (non-hydrogen) atoms. The van der Waals surface area contributed by atoms with Gasteiger partial charge in [0, 0.05) is 5.56 Å². The number of carbonyl (C=O) groups excluding carboxylic acids is 1. The van der Waals surface area contributed by atoms with Gasteiger partial charge in [0.25, 0.3) is 5.91 Å². The standard InChI is InChI=1S/C13H17N3O4S/c1-2-7-5-9-10(17)3-4-21(19,20)11(9)6-8(7)12(18)16-13(14)15/h5-6,10,17H,2-4H2,1H3,(H4,14,15,16,18). The number of benzene rings is 1. The molecule has 5 N–H and O–H groups in total. The molecule has 0 saturated carbocycles. The third-order valence-corrected chi connectivity index (χ3v) is 5.23. The summed E-state index contributed by atoms with van der Waals surface area (Å²) in [5, 5.41) is 9.97. The number of nitrogens with zero attached hydrogens (tertiary/aromatic N) is 1. The van der Waals surface area contributed by atoms with Crippen molar-refractivity contribution < 1.29 is 18.3 Å². The minimum Gasteiger partial charge on any atom is -0.388 e. The van der Waals surface area contributed by atoms with Crippen molar-refractivity contribution in [3.63, 3.8) is 0 Å². The Labute approximate surface area is 122 Å². The van der Waals surface area contributed by atoms with E-state index in [9.17, 15) is 18.3 Å². The van der Waals surface area contributed by atoms with E-state index in [4.69, 9.17) is 11.5 Å². The molecule has 1 atom stereocenters. The number of aliphatic imine (C=N–C) groups is 1.